The maximum atomic E-state index is 12.2. The lowest BCUT2D eigenvalue weighted by Gasteiger charge is -2.39. The average Bonchev–Trinajstić information content (AvgIpc) is 2.47. The Balaban J connectivity index is 1.73. The summed E-state index contributed by atoms with van der Waals surface area (Å²) in [5.41, 5.74) is -0.624. The van der Waals surface area contributed by atoms with Gasteiger partial charge in [0.25, 0.3) is 5.56 Å². The van der Waals surface area contributed by atoms with E-state index in [1.807, 2.05) is 9.80 Å². The minimum Gasteiger partial charge on any atom is -0.354 e. The van der Waals surface area contributed by atoms with Crippen LogP contribution in [0.5, 0.6) is 0 Å². The lowest BCUT2D eigenvalue weighted by atomic mass is 9.84. The molecule has 0 unspecified atom stereocenters. The third kappa shape index (κ3) is 2.44. The van der Waals surface area contributed by atoms with E-state index in [0.717, 1.165) is 23.8 Å². The molecule has 22 heavy (non-hydrogen) atoms. The fourth-order valence-electron chi connectivity index (χ4n) is 3.09. The molecule has 1 aliphatic carbocycles. The third-order valence-electron chi connectivity index (χ3n) is 4.87. The fourth-order valence-corrected chi connectivity index (χ4v) is 3.09. The topological polar surface area (TPSA) is 67.5 Å². The van der Waals surface area contributed by atoms with Crippen LogP contribution >= 0.6 is 0 Å². The van der Waals surface area contributed by atoms with Crippen molar-refractivity contribution in [2.75, 3.05) is 31.1 Å². The van der Waals surface area contributed by atoms with Gasteiger partial charge in [-0.3, -0.25) is 18.7 Å². The summed E-state index contributed by atoms with van der Waals surface area (Å²) in [6.45, 7) is 2.61. The highest BCUT2D eigenvalue weighted by Gasteiger charge is 2.31. The van der Waals surface area contributed by atoms with E-state index in [-0.39, 0.29) is 23.1 Å². The minimum atomic E-state index is -0.324. The van der Waals surface area contributed by atoms with Gasteiger partial charge in [-0.15, -0.1) is 0 Å². The molecule has 120 valence electrons. The largest absolute Gasteiger partial charge is 0.354 e. The quantitative estimate of drug-likeness (QED) is 0.741. The molecule has 1 aromatic heterocycles. The second-order valence-corrected chi connectivity index (χ2v) is 6.18. The van der Waals surface area contributed by atoms with Crippen molar-refractivity contribution in [2.45, 2.75) is 19.3 Å². The zero-order valence-corrected chi connectivity index (χ0v) is 13.1. The lowest BCUT2D eigenvalue weighted by molar-refractivity contribution is -0.138. The van der Waals surface area contributed by atoms with Gasteiger partial charge in [-0.25, -0.2) is 4.79 Å². The Hall–Kier alpha value is -2.05. The van der Waals surface area contributed by atoms with Crippen molar-refractivity contribution in [3.8, 4) is 0 Å². The van der Waals surface area contributed by atoms with Gasteiger partial charge >= 0.3 is 5.69 Å². The van der Waals surface area contributed by atoms with Crippen molar-refractivity contribution in [3.63, 3.8) is 0 Å². The molecule has 7 heteroatoms. The van der Waals surface area contributed by atoms with Crippen LogP contribution in [0.15, 0.2) is 15.7 Å². The van der Waals surface area contributed by atoms with Crippen molar-refractivity contribution < 1.29 is 4.79 Å². The highest BCUT2D eigenvalue weighted by molar-refractivity contribution is 5.79. The molecule has 7 nitrogen and oxygen atoms in total. The zero-order valence-electron chi connectivity index (χ0n) is 13.1. The third-order valence-corrected chi connectivity index (χ3v) is 4.87. The number of anilines is 1. The van der Waals surface area contributed by atoms with Crippen LogP contribution in [0.25, 0.3) is 0 Å². The Morgan fingerprint density at radius 2 is 1.68 bits per heavy atom. The van der Waals surface area contributed by atoms with Crippen molar-refractivity contribution in [2.24, 2.45) is 20.0 Å². The number of rotatable bonds is 2. The molecule has 0 bridgehead atoms. The Bertz CT molecular complexity index is 694. The maximum Gasteiger partial charge on any atom is 0.332 e. The fraction of sp³-hybridized carbons (Fsp3) is 0.667. The summed E-state index contributed by atoms with van der Waals surface area (Å²) in [5, 5.41) is 0. The second kappa shape index (κ2) is 5.62. The highest BCUT2D eigenvalue weighted by atomic mass is 16.2. The van der Waals surface area contributed by atoms with Crippen molar-refractivity contribution in [3.05, 3.63) is 26.9 Å². The van der Waals surface area contributed by atoms with Gasteiger partial charge in [-0.05, 0) is 12.8 Å². The van der Waals surface area contributed by atoms with Gasteiger partial charge in [0.2, 0.25) is 5.91 Å². The maximum absolute atomic E-state index is 12.2. The van der Waals surface area contributed by atoms with Crippen LogP contribution in [0.3, 0.4) is 0 Å². The lowest BCUT2D eigenvalue weighted by Crippen LogP contribution is -2.52. The van der Waals surface area contributed by atoms with Crippen molar-refractivity contribution >= 4 is 11.7 Å². The molecule has 0 spiro atoms. The first-order valence-corrected chi connectivity index (χ1v) is 7.80. The number of nitrogens with zero attached hydrogens (tertiary/aromatic N) is 4. The zero-order chi connectivity index (χ0) is 15.9. The SMILES string of the molecule is Cn1c(N2CCN(C(=O)C3CCC3)CC2)cc(=O)n(C)c1=O. The predicted molar refractivity (Wildman–Crippen MR) is 83.1 cm³/mol. The molecule has 1 aromatic rings. The smallest absolute Gasteiger partial charge is 0.332 e. The Kier molecular flexibility index (Phi) is 3.80. The molecule has 0 N–H and O–H groups in total. The first-order chi connectivity index (χ1) is 10.5. The molecular weight excluding hydrogens is 284 g/mol. The van der Waals surface area contributed by atoms with Crippen LogP contribution in [-0.2, 0) is 18.9 Å². The van der Waals surface area contributed by atoms with Gasteiger partial charge in [0, 0.05) is 52.3 Å². The first-order valence-electron chi connectivity index (χ1n) is 7.80. The summed E-state index contributed by atoms with van der Waals surface area (Å²) in [7, 11) is 3.15. The number of aromatic nitrogens is 2. The molecule has 0 radical (unpaired) electrons. The van der Waals surface area contributed by atoms with Crippen LogP contribution in [0.2, 0.25) is 0 Å². The summed E-state index contributed by atoms with van der Waals surface area (Å²) < 4.78 is 2.59. The second-order valence-electron chi connectivity index (χ2n) is 6.18. The minimum absolute atomic E-state index is 0.222. The van der Waals surface area contributed by atoms with Crippen molar-refractivity contribution in [1.29, 1.82) is 0 Å². The van der Waals surface area contributed by atoms with Crippen LogP contribution in [0.1, 0.15) is 19.3 Å². The summed E-state index contributed by atoms with van der Waals surface area (Å²) in [6, 6.07) is 1.49. The highest BCUT2D eigenvalue weighted by Crippen LogP contribution is 2.28. The number of piperazine rings is 1. The Morgan fingerprint density at radius 1 is 1.05 bits per heavy atom. The first kappa shape index (κ1) is 14.9. The van der Waals surface area contributed by atoms with Gasteiger partial charge in [0.15, 0.2) is 0 Å². The molecule has 2 fully saturated rings. The molecule has 1 aliphatic heterocycles. The molecule has 2 heterocycles. The van der Waals surface area contributed by atoms with Gasteiger partial charge < -0.3 is 9.80 Å². The van der Waals surface area contributed by atoms with Crippen LogP contribution in [-0.4, -0.2) is 46.1 Å². The van der Waals surface area contributed by atoms with Crippen LogP contribution in [0, 0.1) is 5.92 Å². The number of carbonyl (C=O) groups excluding carboxylic acids is 1. The summed E-state index contributed by atoms with van der Waals surface area (Å²) >= 11 is 0. The molecule has 0 atom stereocenters. The van der Waals surface area contributed by atoms with Crippen LogP contribution in [0.4, 0.5) is 5.82 Å². The summed E-state index contributed by atoms with van der Waals surface area (Å²) in [4.78, 5) is 40.0. The van der Waals surface area contributed by atoms with Gasteiger partial charge in [-0.2, -0.15) is 0 Å². The van der Waals surface area contributed by atoms with E-state index < -0.39 is 0 Å². The van der Waals surface area contributed by atoms with Gasteiger partial charge in [0.05, 0.1) is 0 Å². The van der Waals surface area contributed by atoms with Crippen LogP contribution < -0.4 is 16.1 Å². The number of carbonyl (C=O) groups is 1. The predicted octanol–water partition coefficient (Wildman–Crippen LogP) is -0.467. The molecular formula is C15H22N4O3. The molecule has 2 aliphatic rings. The molecule has 1 saturated carbocycles. The van der Waals surface area contributed by atoms with E-state index >= 15 is 0 Å². The molecule has 0 aromatic carbocycles. The molecule has 1 amide bonds. The summed E-state index contributed by atoms with van der Waals surface area (Å²) in [5.74, 6) is 1.12. The van der Waals surface area contributed by atoms with E-state index in [2.05, 4.69) is 0 Å². The standard InChI is InChI=1S/C15H22N4O3/c1-16-12(10-13(20)17(2)15(16)22)18-6-8-19(9-7-18)14(21)11-4-3-5-11/h10-11H,3-9H2,1-2H3. The van der Waals surface area contributed by atoms with E-state index in [0.29, 0.717) is 32.0 Å². The van der Waals surface area contributed by atoms with Gasteiger partial charge in [0.1, 0.15) is 5.82 Å². The Morgan fingerprint density at radius 3 is 2.23 bits per heavy atom. The molecule has 1 saturated heterocycles. The Labute approximate surface area is 128 Å². The number of hydrogen-bond acceptors (Lipinski definition) is 4. The average molecular weight is 306 g/mol. The van der Waals surface area contributed by atoms with E-state index in [1.54, 1.807) is 7.05 Å². The van der Waals surface area contributed by atoms with E-state index in [9.17, 15) is 14.4 Å². The number of amides is 1. The normalized spacial score (nSPS) is 19.2. The van der Waals surface area contributed by atoms with Crippen molar-refractivity contribution in [1.82, 2.24) is 14.0 Å². The van der Waals surface area contributed by atoms with E-state index in [4.69, 9.17) is 0 Å². The number of hydrogen-bond donors (Lipinski definition) is 0. The molecule has 3 rings (SSSR count). The van der Waals surface area contributed by atoms with Gasteiger partial charge in [-0.1, -0.05) is 6.42 Å². The van der Waals surface area contributed by atoms with E-state index in [1.165, 1.54) is 17.7 Å². The summed E-state index contributed by atoms with van der Waals surface area (Å²) in [6.07, 6.45) is 3.19. The monoisotopic (exact) mass is 306 g/mol.